The lowest BCUT2D eigenvalue weighted by molar-refractivity contribution is -0.139. The van der Waals surface area contributed by atoms with Gasteiger partial charge >= 0.3 is 5.97 Å². The Morgan fingerprint density at radius 3 is 2.57 bits per heavy atom. The number of allylic oxidation sites excluding steroid dienone is 1. The summed E-state index contributed by atoms with van der Waals surface area (Å²) in [6.07, 6.45) is 0. The van der Waals surface area contributed by atoms with Crippen LogP contribution in [0, 0.1) is 0 Å². The smallest absolute Gasteiger partial charge is 0.338 e. The summed E-state index contributed by atoms with van der Waals surface area (Å²) in [6.45, 7) is 4.37. The predicted molar refractivity (Wildman–Crippen MR) is 116 cm³/mol. The van der Waals surface area contributed by atoms with E-state index in [4.69, 9.17) is 40.2 Å². The van der Waals surface area contributed by atoms with Crippen LogP contribution in [0.1, 0.15) is 31.0 Å². The van der Waals surface area contributed by atoms with Gasteiger partial charge in [0.1, 0.15) is 0 Å². The molecule has 0 amide bonds. The second-order valence-electron chi connectivity index (χ2n) is 6.33. The predicted octanol–water partition coefficient (Wildman–Crippen LogP) is 5.26. The summed E-state index contributed by atoms with van der Waals surface area (Å²) >= 11 is 17.9. The van der Waals surface area contributed by atoms with E-state index in [0.29, 0.717) is 33.9 Å². The maximum atomic E-state index is 12.8. The molecular weight excluding hydrogens is 415 g/mol. The first-order valence-corrected chi connectivity index (χ1v) is 10.0. The Balaban J connectivity index is 2.03. The molecule has 1 heterocycles. The molecule has 1 N–H and O–H groups in total. The van der Waals surface area contributed by atoms with Gasteiger partial charge < -0.3 is 15.0 Å². The molecule has 3 rings (SSSR count). The molecule has 0 saturated carbocycles. The Hall–Kier alpha value is -2.08. The molecule has 146 valence electrons. The number of rotatable bonds is 5. The van der Waals surface area contributed by atoms with Crippen molar-refractivity contribution in [1.29, 1.82) is 0 Å². The van der Waals surface area contributed by atoms with Crippen LogP contribution < -0.4 is 5.32 Å². The van der Waals surface area contributed by atoms with Gasteiger partial charge in [0.15, 0.2) is 5.11 Å². The number of hydrogen-bond acceptors (Lipinski definition) is 3. The highest BCUT2D eigenvalue weighted by Crippen LogP contribution is 2.33. The first kappa shape index (κ1) is 20.6. The summed E-state index contributed by atoms with van der Waals surface area (Å²) in [6, 6.07) is 14.7. The molecule has 1 aliphatic rings. The molecule has 0 unspecified atom stereocenters. The zero-order valence-corrected chi connectivity index (χ0v) is 17.9. The van der Waals surface area contributed by atoms with E-state index >= 15 is 0 Å². The van der Waals surface area contributed by atoms with Crippen molar-refractivity contribution in [2.24, 2.45) is 0 Å². The van der Waals surface area contributed by atoms with Gasteiger partial charge in [-0.05, 0) is 49.3 Å². The van der Waals surface area contributed by atoms with Gasteiger partial charge in [-0.25, -0.2) is 4.79 Å². The van der Waals surface area contributed by atoms with Gasteiger partial charge in [-0.1, -0.05) is 59.6 Å². The third kappa shape index (κ3) is 4.32. The van der Waals surface area contributed by atoms with E-state index < -0.39 is 0 Å². The number of carbonyl (C=O) groups excluding carboxylic acids is 1. The standard InChI is InChI=1S/C21H20Cl2N2O2S/c1-3-27-20(26)18-13(2)25(12-15-9-10-16(22)11-17(15)23)21(28)24-19(18)14-7-5-4-6-8-14/h4-11,19H,3,12H2,1-2H3,(H,24,28)/t19-/m0/s1. The number of esters is 1. The quantitative estimate of drug-likeness (QED) is 0.513. The van der Waals surface area contributed by atoms with Crippen LogP contribution in [0.15, 0.2) is 59.8 Å². The minimum Gasteiger partial charge on any atom is -0.463 e. The molecular formula is C21H20Cl2N2O2S. The third-order valence-electron chi connectivity index (χ3n) is 4.57. The summed E-state index contributed by atoms with van der Waals surface area (Å²) < 4.78 is 5.33. The van der Waals surface area contributed by atoms with E-state index in [1.54, 1.807) is 19.1 Å². The van der Waals surface area contributed by atoms with Crippen LogP contribution in [0.4, 0.5) is 0 Å². The summed E-state index contributed by atoms with van der Waals surface area (Å²) in [5.41, 5.74) is 3.07. The molecule has 0 saturated heterocycles. The SMILES string of the molecule is CCOC(=O)C1=C(C)N(Cc2ccc(Cl)cc2Cl)C(=S)N[C@H]1c1ccccc1. The molecule has 0 spiro atoms. The molecule has 0 aromatic heterocycles. The molecule has 0 bridgehead atoms. The number of hydrogen-bond donors (Lipinski definition) is 1. The molecule has 2 aromatic rings. The van der Waals surface area contributed by atoms with Gasteiger partial charge in [0.25, 0.3) is 0 Å². The second kappa shape index (κ2) is 8.95. The second-order valence-corrected chi connectivity index (χ2v) is 7.56. The number of carbonyl (C=O) groups is 1. The molecule has 1 aliphatic heterocycles. The van der Waals surface area contributed by atoms with E-state index in [9.17, 15) is 4.79 Å². The molecule has 4 nitrogen and oxygen atoms in total. The molecule has 0 fully saturated rings. The number of benzene rings is 2. The zero-order chi connectivity index (χ0) is 20.3. The lowest BCUT2D eigenvalue weighted by Gasteiger charge is -2.37. The van der Waals surface area contributed by atoms with E-state index in [1.165, 1.54) is 0 Å². The van der Waals surface area contributed by atoms with Crippen LogP contribution in [0.25, 0.3) is 0 Å². The zero-order valence-electron chi connectivity index (χ0n) is 15.5. The molecule has 7 heteroatoms. The van der Waals surface area contributed by atoms with Gasteiger partial charge in [-0.15, -0.1) is 0 Å². The normalized spacial score (nSPS) is 16.8. The van der Waals surface area contributed by atoms with Crippen molar-refractivity contribution in [1.82, 2.24) is 10.2 Å². The fourth-order valence-corrected chi connectivity index (χ4v) is 3.95. The average Bonchev–Trinajstić information content (AvgIpc) is 2.67. The lowest BCUT2D eigenvalue weighted by Crippen LogP contribution is -2.47. The monoisotopic (exact) mass is 434 g/mol. The Kier molecular flexibility index (Phi) is 6.60. The minimum atomic E-state index is -0.371. The number of ether oxygens (including phenoxy) is 1. The molecule has 28 heavy (non-hydrogen) atoms. The van der Waals surface area contributed by atoms with E-state index in [0.717, 1.165) is 16.8 Å². The number of thiocarbonyl (C=S) groups is 1. The van der Waals surface area contributed by atoms with E-state index in [-0.39, 0.29) is 12.0 Å². The van der Waals surface area contributed by atoms with Gasteiger partial charge in [-0.2, -0.15) is 0 Å². The van der Waals surface area contributed by atoms with Crippen molar-refractivity contribution in [3.8, 4) is 0 Å². The Morgan fingerprint density at radius 1 is 1.21 bits per heavy atom. The van der Waals surface area contributed by atoms with Gasteiger partial charge in [0.05, 0.1) is 24.8 Å². The van der Waals surface area contributed by atoms with Crippen LogP contribution in [0.3, 0.4) is 0 Å². The Labute approximate surface area is 180 Å². The highest BCUT2D eigenvalue weighted by molar-refractivity contribution is 7.80. The fraction of sp³-hybridized carbons (Fsp3) is 0.238. The van der Waals surface area contributed by atoms with Crippen molar-refractivity contribution in [3.63, 3.8) is 0 Å². The number of nitrogens with zero attached hydrogens (tertiary/aromatic N) is 1. The Bertz CT molecular complexity index is 931. The maximum absolute atomic E-state index is 12.8. The summed E-state index contributed by atoms with van der Waals surface area (Å²) in [5, 5.41) is 4.92. The molecule has 0 aliphatic carbocycles. The number of halogens is 2. The number of nitrogens with one attached hydrogen (secondary N) is 1. The van der Waals surface area contributed by atoms with Gasteiger partial charge in [0.2, 0.25) is 0 Å². The van der Waals surface area contributed by atoms with Crippen molar-refractivity contribution in [2.75, 3.05) is 6.61 Å². The molecule has 1 atom stereocenters. The van der Waals surface area contributed by atoms with Crippen molar-refractivity contribution in [3.05, 3.63) is 81.0 Å². The van der Waals surface area contributed by atoms with Gasteiger partial charge in [0, 0.05) is 15.7 Å². The van der Waals surface area contributed by atoms with E-state index in [1.807, 2.05) is 48.2 Å². The topological polar surface area (TPSA) is 41.6 Å². The van der Waals surface area contributed by atoms with E-state index in [2.05, 4.69) is 5.32 Å². The van der Waals surface area contributed by atoms with Crippen LogP contribution in [-0.2, 0) is 16.1 Å². The van der Waals surface area contributed by atoms with Crippen molar-refractivity contribution in [2.45, 2.75) is 26.4 Å². The largest absolute Gasteiger partial charge is 0.463 e. The van der Waals surface area contributed by atoms with Gasteiger partial charge in [-0.3, -0.25) is 0 Å². The van der Waals surface area contributed by atoms with Crippen molar-refractivity contribution >= 4 is 46.5 Å². The summed E-state index contributed by atoms with van der Waals surface area (Å²) in [5.74, 6) is -0.365. The van der Waals surface area contributed by atoms with Crippen molar-refractivity contribution < 1.29 is 9.53 Å². The third-order valence-corrected chi connectivity index (χ3v) is 5.49. The average molecular weight is 435 g/mol. The van der Waals surface area contributed by atoms with Crippen LogP contribution in [0.2, 0.25) is 10.0 Å². The summed E-state index contributed by atoms with van der Waals surface area (Å²) in [7, 11) is 0. The first-order valence-electron chi connectivity index (χ1n) is 8.87. The van der Waals surface area contributed by atoms with Crippen LogP contribution in [-0.4, -0.2) is 22.6 Å². The minimum absolute atomic E-state index is 0.296. The molecule has 2 aromatic carbocycles. The highest BCUT2D eigenvalue weighted by Gasteiger charge is 2.34. The lowest BCUT2D eigenvalue weighted by atomic mass is 9.95. The maximum Gasteiger partial charge on any atom is 0.338 e. The first-order chi connectivity index (χ1) is 13.4. The Morgan fingerprint density at radius 2 is 1.93 bits per heavy atom. The highest BCUT2D eigenvalue weighted by atomic mass is 35.5. The van der Waals surface area contributed by atoms with Crippen LogP contribution >= 0.6 is 35.4 Å². The summed E-state index contributed by atoms with van der Waals surface area (Å²) in [4.78, 5) is 14.6. The molecule has 0 radical (unpaired) electrons. The fourth-order valence-electron chi connectivity index (χ4n) is 3.16. The van der Waals surface area contributed by atoms with Crippen LogP contribution in [0.5, 0.6) is 0 Å².